The molecule has 182 valence electrons. The minimum atomic E-state index is -0.127. The Hall–Kier alpha value is -4.10. The highest BCUT2D eigenvalue weighted by Crippen LogP contribution is 2.41. The molecule has 1 aromatic heterocycles. The molecule has 3 aromatic carbocycles. The molecule has 0 spiro atoms. The number of ketones is 1. The molecular formula is C29H25NO5S. The average molecular weight is 500 g/mol. The summed E-state index contributed by atoms with van der Waals surface area (Å²) in [5, 5.41) is 20.4. The molecule has 6 nitrogen and oxygen atoms in total. The molecule has 2 heterocycles. The molecule has 1 aliphatic rings. The lowest BCUT2D eigenvalue weighted by Gasteiger charge is -2.31. The molecule has 4 aromatic rings. The number of nitrogens with zero attached hydrogens (tertiary/aromatic N) is 1. The molecule has 1 aliphatic heterocycles. The van der Waals surface area contributed by atoms with Gasteiger partial charge in [0.2, 0.25) is 5.91 Å². The lowest BCUT2D eigenvalue weighted by Crippen LogP contribution is -2.41. The zero-order chi connectivity index (χ0) is 25.2. The maximum atomic E-state index is 13.7. The van der Waals surface area contributed by atoms with Crippen LogP contribution in [0, 0.1) is 0 Å². The Morgan fingerprint density at radius 3 is 2.28 bits per heavy atom. The number of thiophene rings is 1. The van der Waals surface area contributed by atoms with Gasteiger partial charge >= 0.3 is 0 Å². The zero-order valence-corrected chi connectivity index (χ0v) is 20.3. The third kappa shape index (κ3) is 4.70. The van der Waals surface area contributed by atoms with E-state index < -0.39 is 0 Å². The average Bonchev–Trinajstić information content (AvgIpc) is 3.27. The second kappa shape index (κ2) is 9.87. The van der Waals surface area contributed by atoms with Crippen molar-refractivity contribution in [1.29, 1.82) is 0 Å². The quantitative estimate of drug-likeness (QED) is 0.260. The Labute approximate surface area is 212 Å². The van der Waals surface area contributed by atoms with Crippen molar-refractivity contribution in [1.82, 2.24) is 4.90 Å². The fourth-order valence-electron chi connectivity index (χ4n) is 4.47. The Morgan fingerprint density at radius 2 is 1.61 bits per heavy atom. The van der Waals surface area contributed by atoms with E-state index in [1.807, 2.05) is 0 Å². The summed E-state index contributed by atoms with van der Waals surface area (Å²) in [5.41, 5.74) is 1.91. The third-order valence-corrected chi connectivity index (χ3v) is 7.58. The number of hydrogen-bond donors (Lipinski definition) is 2. The van der Waals surface area contributed by atoms with Gasteiger partial charge in [-0.05, 0) is 78.4 Å². The van der Waals surface area contributed by atoms with Crippen LogP contribution in [0.4, 0.5) is 0 Å². The number of aromatic hydroxyl groups is 2. The number of carbonyl (C=O) groups is 2. The van der Waals surface area contributed by atoms with Gasteiger partial charge in [0.15, 0.2) is 5.78 Å². The molecule has 5 rings (SSSR count). The van der Waals surface area contributed by atoms with E-state index in [-0.39, 0.29) is 29.3 Å². The van der Waals surface area contributed by atoms with Crippen molar-refractivity contribution >= 4 is 33.1 Å². The SMILES string of the molecule is C=CC(=O)N1CCC(Oc2ccc(C(=O)c3c(-c4ccc(O)cc4)sc4cc(O)ccc34)cc2)CC1. The van der Waals surface area contributed by atoms with Gasteiger partial charge in [-0.2, -0.15) is 0 Å². The van der Waals surface area contributed by atoms with Crippen LogP contribution in [-0.2, 0) is 4.79 Å². The number of benzene rings is 3. The minimum absolute atomic E-state index is 0.00927. The number of phenols is 2. The smallest absolute Gasteiger partial charge is 0.245 e. The van der Waals surface area contributed by atoms with Crippen LogP contribution < -0.4 is 4.74 Å². The monoisotopic (exact) mass is 499 g/mol. The fourth-order valence-corrected chi connectivity index (χ4v) is 5.71. The third-order valence-electron chi connectivity index (χ3n) is 6.38. The van der Waals surface area contributed by atoms with Crippen LogP contribution in [0.5, 0.6) is 17.2 Å². The molecule has 0 radical (unpaired) electrons. The normalized spacial score (nSPS) is 14.1. The van der Waals surface area contributed by atoms with Gasteiger partial charge in [-0.3, -0.25) is 9.59 Å². The topological polar surface area (TPSA) is 87.1 Å². The van der Waals surface area contributed by atoms with Gasteiger partial charge in [0, 0.05) is 52.0 Å². The van der Waals surface area contributed by atoms with Crippen LogP contribution in [0.15, 0.2) is 79.4 Å². The molecule has 0 saturated carbocycles. The first kappa shape index (κ1) is 23.6. The van der Waals surface area contributed by atoms with Gasteiger partial charge in [0.25, 0.3) is 0 Å². The largest absolute Gasteiger partial charge is 0.508 e. The number of carbonyl (C=O) groups excluding carboxylic acids is 2. The van der Waals surface area contributed by atoms with Crippen molar-refractivity contribution in [3.63, 3.8) is 0 Å². The van der Waals surface area contributed by atoms with E-state index in [1.165, 1.54) is 17.4 Å². The first-order valence-corrected chi connectivity index (χ1v) is 12.5. The summed E-state index contributed by atoms with van der Waals surface area (Å²) in [6.45, 7) is 4.80. The molecule has 36 heavy (non-hydrogen) atoms. The Balaban J connectivity index is 1.39. The van der Waals surface area contributed by atoms with Gasteiger partial charge in [-0.15, -0.1) is 11.3 Å². The zero-order valence-electron chi connectivity index (χ0n) is 19.5. The van der Waals surface area contributed by atoms with E-state index in [4.69, 9.17) is 4.74 Å². The standard InChI is InChI=1S/C29H25NO5S/c1-2-26(33)30-15-13-23(14-16-30)35-22-10-5-18(6-11-22)28(34)27-24-12-9-21(32)17-25(24)36-29(27)19-3-7-20(31)8-4-19/h2-12,17,23,31-32H,1,13-16H2. The summed E-state index contributed by atoms with van der Waals surface area (Å²) >= 11 is 1.43. The van der Waals surface area contributed by atoms with Crippen molar-refractivity contribution in [3.05, 3.63) is 90.5 Å². The maximum Gasteiger partial charge on any atom is 0.245 e. The van der Waals surface area contributed by atoms with Crippen molar-refractivity contribution in [2.24, 2.45) is 0 Å². The molecule has 0 aliphatic carbocycles. The molecule has 0 unspecified atom stereocenters. The van der Waals surface area contributed by atoms with Gasteiger partial charge in [0.05, 0.1) is 0 Å². The Morgan fingerprint density at radius 1 is 0.944 bits per heavy atom. The highest BCUT2D eigenvalue weighted by Gasteiger charge is 2.24. The molecular weight excluding hydrogens is 474 g/mol. The number of phenolic OH excluding ortho intramolecular Hbond substituents is 2. The molecule has 1 fully saturated rings. The number of rotatable bonds is 6. The highest BCUT2D eigenvalue weighted by molar-refractivity contribution is 7.22. The van der Waals surface area contributed by atoms with E-state index >= 15 is 0 Å². The van der Waals surface area contributed by atoms with Crippen molar-refractivity contribution in [2.75, 3.05) is 13.1 Å². The summed E-state index contributed by atoms with van der Waals surface area (Å²) in [4.78, 5) is 28.0. The van der Waals surface area contributed by atoms with Gasteiger partial charge in [0.1, 0.15) is 23.4 Å². The number of fused-ring (bicyclic) bond motifs is 1. The lowest BCUT2D eigenvalue weighted by atomic mass is 9.97. The van der Waals surface area contributed by atoms with Crippen LogP contribution in [0.25, 0.3) is 20.5 Å². The number of piperidine rings is 1. The van der Waals surface area contributed by atoms with Gasteiger partial charge in [-0.25, -0.2) is 0 Å². The van der Waals surface area contributed by atoms with Crippen molar-refractivity contribution in [3.8, 4) is 27.7 Å². The van der Waals surface area contributed by atoms with E-state index in [1.54, 1.807) is 71.6 Å². The van der Waals surface area contributed by atoms with Crippen LogP contribution >= 0.6 is 11.3 Å². The number of amides is 1. The number of likely N-dealkylation sites (tertiary alicyclic amines) is 1. The summed E-state index contributed by atoms with van der Waals surface area (Å²) in [6, 6.07) is 18.9. The van der Waals surface area contributed by atoms with Gasteiger partial charge in [-0.1, -0.05) is 6.58 Å². The lowest BCUT2D eigenvalue weighted by molar-refractivity contribution is -0.127. The summed E-state index contributed by atoms with van der Waals surface area (Å²) < 4.78 is 6.91. The number of ether oxygens (including phenoxy) is 1. The highest BCUT2D eigenvalue weighted by atomic mass is 32.1. The van der Waals surface area contributed by atoms with E-state index in [0.29, 0.717) is 30.0 Å². The van der Waals surface area contributed by atoms with Crippen LogP contribution in [0.2, 0.25) is 0 Å². The maximum absolute atomic E-state index is 13.7. The molecule has 0 bridgehead atoms. The van der Waals surface area contributed by atoms with Crippen LogP contribution in [-0.4, -0.2) is 46.0 Å². The minimum Gasteiger partial charge on any atom is -0.508 e. The second-order valence-corrected chi connectivity index (χ2v) is 9.79. The Bertz CT molecular complexity index is 1430. The van der Waals surface area contributed by atoms with Crippen LogP contribution in [0.1, 0.15) is 28.8 Å². The first-order valence-electron chi connectivity index (χ1n) is 11.7. The summed E-state index contributed by atoms with van der Waals surface area (Å²) in [6.07, 6.45) is 2.83. The van der Waals surface area contributed by atoms with Crippen molar-refractivity contribution in [2.45, 2.75) is 18.9 Å². The van der Waals surface area contributed by atoms with Crippen molar-refractivity contribution < 1.29 is 24.5 Å². The molecule has 1 saturated heterocycles. The molecule has 7 heteroatoms. The molecule has 1 amide bonds. The molecule has 2 N–H and O–H groups in total. The predicted molar refractivity (Wildman–Crippen MR) is 141 cm³/mol. The van der Waals surface area contributed by atoms with E-state index in [0.717, 1.165) is 33.4 Å². The number of hydrogen-bond acceptors (Lipinski definition) is 6. The first-order chi connectivity index (χ1) is 17.4. The summed E-state index contributed by atoms with van der Waals surface area (Å²) in [5.74, 6) is 0.788. The van der Waals surface area contributed by atoms with Gasteiger partial charge < -0.3 is 19.8 Å². The molecule has 0 atom stereocenters. The Kier molecular flexibility index (Phi) is 6.48. The van der Waals surface area contributed by atoms with E-state index in [9.17, 15) is 19.8 Å². The van der Waals surface area contributed by atoms with E-state index in [2.05, 4.69) is 6.58 Å². The van der Waals surface area contributed by atoms with Crippen LogP contribution in [0.3, 0.4) is 0 Å². The predicted octanol–water partition coefficient (Wildman–Crippen LogP) is 5.77. The fraction of sp³-hybridized carbons (Fsp3) is 0.172. The summed E-state index contributed by atoms with van der Waals surface area (Å²) in [7, 11) is 0. The second-order valence-electron chi connectivity index (χ2n) is 8.73.